The highest BCUT2D eigenvalue weighted by molar-refractivity contribution is 5.58. The van der Waals surface area contributed by atoms with E-state index in [0.717, 1.165) is 31.5 Å². The summed E-state index contributed by atoms with van der Waals surface area (Å²) in [5.41, 5.74) is 6.21. The maximum atomic E-state index is 12.8. The molecule has 3 aromatic rings. The van der Waals surface area contributed by atoms with Gasteiger partial charge in [0.25, 0.3) is 5.89 Å². The van der Waals surface area contributed by atoms with Gasteiger partial charge in [-0.3, -0.25) is 0 Å². The van der Waals surface area contributed by atoms with Crippen LogP contribution in [-0.4, -0.2) is 24.9 Å². The van der Waals surface area contributed by atoms with E-state index >= 15 is 0 Å². The fourth-order valence-electron chi connectivity index (χ4n) is 3.26. The van der Waals surface area contributed by atoms with E-state index in [0.29, 0.717) is 17.1 Å². The van der Waals surface area contributed by atoms with Crippen molar-refractivity contribution in [3.05, 3.63) is 41.6 Å². The third-order valence-corrected chi connectivity index (χ3v) is 4.99. The van der Waals surface area contributed by atoms with E-state index in [2.05, 4.69) is 20.2 Å². The molecule has 0 aromatic carbocycles. The van der Waals surface area contributed by atoms with Crippen molar-refractivity contribution in [1.82, 2.24) is 24.9 Å². The Bertz CT molecular complexity index is 986. The molecule has 28 heavy (non-hydrogen) atoms. The second-order valence-corrected chi connectivity index (χ2v) is 7.35. The molecule has 1 saturated carbocycles. The lowest BCUT2D eigenvalue weighted by molar-refractivity contribution is -0.137. The number of hydrogen-bond acceptors (Lipinski definition) is 6. The first kappa shape index (κ1) is 18.6. The van der Waals surface area contributed by atoms with Crippen LogP contribution in [0.5, 0.6) is 0 Å². The standard InChI is InChI=1S/C18H19F3N6O/c1-10(2)14-12(15-25-16(26-28-15)17(22)6-3-7-17)9-24-27(14)13-5-4-11(8-23-13)18(19,20)21/h4-5,8-10H,3,6-7,22H2,1-2H3. The summed E-state index contributed by atoms with van der Waals surface area (Å²) in [6.07, 6.45) is 0.530. The van der Waals surface area contributed by atoms with Gasteiger partial charge in [-0.25, -0.2) is 9.67 Å². The van der Waals surface area contributed by atoms with Crippen LogP contribution in [0.2, 0.25) is 0 Å². The maximum Gasteiger partial charge on any atom is 0.417 e. The number of alkyl halides is 3. The lowest BCUT2D eigenvalue weighted by atomic mass is 9.77. The number of nitrogens with zero attached hydrogens (tertiary/aromatic N) is 5. The molecule has 4 rings (SSSR count). The molecule has 3 aromatic heterocycles. The molecule has 0 unspecified atom stereocenters. The Morgan fingerprint density at radius 2 is 1.96 bits per heavy atom. The molecule has 0 spiro atoms. The number of pyridine rings is 1. The molecule has 1 aliphatic carbocycles. The van der Waals surface area contributed by atoms with Gasteiger partial charge in [0, 0.05) is 6.20 Å². The van der Waals surface area contributed by atoms with Crippen molar-refractivity contribution < 1.29 is 17.7 Å². The fraction of sp³-hybridized carbons (Fsp3) is 0.444. The molecule has 0 saturated heterocycles. The summed E-state index contributed by atoms with van der Waals surface area (Å²) >= 11 is 0. The van der Waals surface area contributed by atoms with Crippen LogP contribution >= 0.6 is 0 Å². The molecule has 0 amide bonds. The molecule has 2 N–H and O–H groups in total. The van der Waals surface area contributed by atoms with Gasteiger partial charge in [-0.15, -0.1) is 0 Å². The highest BCUT2D eigenvalue weighted by Crippen LogP contribution is 2.38. The zero-order chi connectivity index (χ0) is 20.1. The lowest BCUT2D eigenvalue weighted by Gasteiger charge is -2.34. The van der Waals surface area contributed by atoms with E-state index in [-0.39, 0.29) is 17.6 Å². The number of hydrogen-bond donors (Lipinski definition) is 1. The molecule has 148 valence electrons. The molecule has 0 bridgehead atoms. The largest absolute Gasteiger partial charge is 0.417 e. The number of rotatable bonds is 4. The number of halogens is 3. The van der Waals surface area contributed by atoms with Crippen LogP contribution < -0.4 is 5.73 Å². The minimum Gasteiger partial charge on any atom is -0.334 e. The van der Waals surface area contributed by atoms with Crippen molar-refractivity contribution in [2.75, 3.05) is 0 Å². The van der Waals surface area contributed by atoms with Gasteiger partial charge in [0.05, 0.1) is 28.6 Å². The maximum absolute atomic E-state index is 12.8. The molecule has 0 atom stereocenters. The summed E-state index contributed by atoms with van der Waals surface area (Å²) in [6.45, 7) is 3.88. The van der Waals surface area contributed by atoms with Crippen molar-refractivity contribution in [1.29, 1.82) is 0 Å². The smallest absolute Gasteiger partial charge is 0.334 e. The molecule has 10 heteroatoms. The Balaban J connectivity index is 1.72. The Kier molecular flexibility index (Phi) is 4.25. The molecule has 1 aliphatic rings. The normalized spacial score (nSPS) is 16.4. The summed E-state index contributed by atoms with van der Waals surface area (Å²) in [5.74, 6) is 1.00. The van der Waals surface area contributed by atoms with Crippen LogP contribution in [0.3, 0.4) is 0 Å². The molecule has 3 heterocycles. The van der Waals surface area contributed by atoms with E-state index in [1.54, 1.807) is 6.20 Å². The third kappa shape index (κ3) is 3.07. The average Bonchev–Trinajstić information content (AvgIpc) is 3.26. The van der Waals surface area contributed by atoms with Crippen LogP contribution in [0.4, 0.5) is 13.2 Å². The minimum absolute atomic E-state index is 0.0208. The Hall–Kier alpha value is -2.75. The van der Waals surface area contributed by atoms with Gasteiger partial charge >= 0.3 is 6.18 Å². The van der Waals surface area contributed by atoms with E-state index < -0.39 is 17.3 Å². The second kappa shape index (κ2) is 6.40. The first-order chi connectivity index (χ1) is 13.2. The Labute approximate surface area is 158 Å². The molecule has 7 nitrogen and oxygen atoms in total. The monoisotopic (exact) mass is 392 g/mol. The second-order valence-electron chi connectivity index (χ2n) is 7.35. The fourth-order valence-corrected chi connectivity index (χ4v) is 3.26. The summed E-state index contributed by atoms with van der Waals surface area (Å²) in [5, 5.41) is 8.31. The first-order valence-corrected chi connectivity index (χ1v) is 8.94. The average molecular weight is 392 g/mol. The Morgan fingerprint density at radius 1 is 1.21 bits per heavy atom. The molecule has 0 aliphatic heterocycles. The predicted molar refractivity (Wildman–Crippen MR) is 93.5 cm³/mol. The molecular formula is C18H19F3N6O. The van der Waals surface area contributed by atoms with E-state index in [9.17, 15) is 13.2 Å². The lowest BCUT2D eigenvalue weighted by Crippen LogP contribution is -2.44. The van der Waals surface area contributed by atoms with Crippen molar-refractivity contribution >= 4 is 0 Å². The van der Waals surface area contributed by atoms with E-state index in [4.69, 9.17) is 10.3 Å². The zero-order valence-electron chi connectivity index (χ0n) is 15.4. The van der Waals surface area contributed by atoms with Gasteiger partial charge < -0.3 is 10.3 Å². The summed E-state index contributed by atoms with van der Waals surface area (Å²) in [7, 11) is 0. The summed E-state index contributed by atoms with van der Waals surface area (Å²) in [4.78, 5) is 8.37. The van der Waals surface area contributed by atoms with Crippen LogP contribution in [0.25, 0.3) is 17.3 Å². The van der Waals surface area contributed by atoms with Gasteiger partial charge in [-0.2, -0.15) is 23.3 Å². The van der Waals surface area contributed by atoms with Crippen molar-refractivity contribution in [3.63, 3.8) is 0 Å². The molecule has 1 fully saturated rings. The van der Waals surface area contributed by atoms with Gasteiger partial charge in [-0.1, -0.05) is 19.0 Å². The Morgan fingerprint density at radius 3 is 2.50 bits per heavy atom. The number of nitrogens with two attached hydrogens (primary N) is 1. The van der Waals surface area contributed by atoms with Gasteiger partial charge in [-0.05, 0) is 37.3 Å². The summed E-state index contributed by atoms with van der Waals surface area (Å²) in [6, 6.07) is 2.27. The van der Waals surface area contributed by atoms with Gasteiger partial charge in [0.1, 0.15) is 0 Å². The molecule has 0 radical (unpaired) electrons. The van der Waals surface area contributed by atoms with Crippen molar-refractivity contribution in [2.45, 2.75) is 50.7 Å². The number of aromatic nitrogens is 5. The molecular weight excluding hydrogens is 373 g/mol. The third-order valence-electron chi connectivity index (χ3n) is 4.99. The minimum atomic E-state index is -4.44. The SMILES string of the molecule is CC(C)c1c(-c2nc(C3(N)CCC3)no2)cnn1-c1ccc(C(F)(F)F)cn1. The zero-order valence-corrected chi connectivity index (χ0v) is 15.4. The van der Waals surface area contributed by atoms with Crippen LogP contribution in [0.1, 0.15) is 56.1 Å². The first-order valence-electron chi connectivity index (χ1n) is 8.94. The van der Waals surface area contributed by atoms with E-state index in [1.807, 2.05) is 13.8 Å². The van der Waals surface area contributed by atoms with Gasteiger partial charge in [0.2, 0.25) is 0 Å². The summed E-state index contributed by atoms with van der Waals surface area (Å²) < 4.78 is 45.3. The van der Waals surface area contributed by atoms with Crippen molar-refractivity contribution in [2.24, 2.45) is 5.73 Å². The predicted octanol–water partition coefficient (Wildman–Crippen LogP) is 3.80. The van der Waals surface area contributed by atoms with Crippen LogP contribution in [-0.2, 0) is 11.7 Å². The highest BCUT2D eigenvalue weighted by Gasteiger charge is 2.39. The topological polar surface area (TPSA) is 95.6 Å². The van der Waals surface area contributed by atoms with Crippen LogP contribution in [0, 0.1) is 0 Å². The van der Waals surface area contributed by atoms with Crippen molar-refractivity contribution in [3.8, 4) is 17.3 Å². The van der Waals surface area contributed by atoms with Crippen LogP contribution in [0.15, 0.2) is 29.0 Å². The quantitative estimate of drug-likeness (QED) is 0.726. The highest BCUT2D eigenvalue weighted by atomic mass is 19.4. The van der Waals surface area contributed by atoms with Gasteiger partial charge in [0.15, 0.2) is 11.6 Å². The van der Waals surface area contributed by atoms with E-state index in [1.165, 1.54) is 10.7 Å².